The van der Waals surface area contributed by atoms with Crippen molar-refractivity contribution in [1.82, 2.24) is 9.47 Å². The lowest BCUT2D eigenvalue weighted by Crippen LogP contribution is -2.26. The lowest BCUT2D eigenvalue weighted by molar-refractivity contribution is 0.0945. The first-order valence-corrected chi connectivity index (χ1v) is 6.08. The Hall–Kier alpha value is -1.13. The third-order valence-corrected chi connectivity index (χ3v) is 2.77. The third kappa shape index (κ3) is 5.15. The van der Waals surface area contributed by atoms with Gasteiger partial charge in [-0.2, -0.15) is 0 Å². The highest BCUT2D eigenvalue weighted by atomic mass is 16.2. The number of aliphatic hydroxyl groups is 1. The lowest BCUT2D eigenvalue weighted by Gasteiger charge is -2.14. The Morgan fingerprint density at radius 1 is 1.41 bits per heavy atom. The molecule has 0 aliphatic carbocycles. The van der Waals surface area contributed by atoms with Crippen molar-refractivity contribution in [3.8, 4) is 0 Å². The molecule has 1 aromatic heterocycles. The molecule has 4 nitrogen and oxygen atoms in total. The zero-order valence-electron chi connectivity index (χ0n) is 10.7. The number of hydrogen-bond donors (Lipinski definition) is 1. The van der Waals surface area contributed by atoms with E-state index in [1.54, 1.807) is 0 Å². The highest BCUT2D eigenvalue weighted by Gasteiger charge is 2.09. The number of nitrogens with zero attached hydrogens (tertiary/aromatic N) is 2. The van der Waals surface area contributed by atoms with Gasteiger partial charge >= 0.3 is 0 Å². The highest BCUT2D eigenvalue weighted by Crippen LogP contribution is 2.03. The molecule has 0 bridgehead atoms. The van der Waals surface area contributed by atoms with Crippen LogP contribution in [0.5, 0.6) is 0 Å². The summed E-state index contributed by atoms with van der Waals surface area (Å²) >= 11 is 0. The smallest absolute Gasteiger partial charge is 0.178 e. The van der Waals surface area contributed by atoms with Crippen molar-refractivity contribution in [2.45, 2.75) is 19.3 Å². The number of hydrogen-bond acceptors (Lipinski definition) is 3. The summed E-state index contributed by atoms with van der Waals surface area (Å²) in [7, 11) is 3.87. The second-order valence-corrected chi connectivity index (χ2v) is 4.51. The van der Waals surface area contributed by atoms with Crippen LogP contribution in [-0.2, 0) is 7.05 Å². The van der Waals surface area contributed by atoms with Gasteiger partial charge in [-0.15, -0.1) is 0 Å². The number of likely N-dealkylation sites (N-methyl/N-ethyl adjacent to an activating group) is 1. The van der Waals surface area contributed by atoms with Gasteiger partial charge in [0.25, 0.3) is 0 Å². The van der Waals surface area contributed by atoms with Crippen LogP contribution >= 0.6 is 0 Å². The molecule has 1 aromatic rings. The molecule has 0 fully saturated rings. The summed E-state index contributed by atoms with van der Waals surface area (Å²) in [6.07, 6.45) is 6.62. The molecule has 0 atom stereocenters. The van der Waals surface area contributed by atoms with E-state index in [4.69, 9.17) is 5.11 Å². The summed E-state index contributed by atoms with van der Waals surface area (Å²) in [5.41, 5.74) is 0.773. The second kappa shape index (κ2) is 7.25. The summed E-state index contributed by atoms with van der Waals surface area (Å²) < 4.78 is 1.88. The zero-order valence-corrected chi connectivity index (χ0v) is 10.7. The van der Waals surface area contributed by atoms with Gasteiger partial charge in [0.2, 0.25) is 0 Å². The first-order chi connectivity index (χ1) is 8.13. The number of carbonyl (C=O) groups is 1. The quantitative estimate of drug-likeness (QED) is 0.548. The van der Waals surface area contributed by atoms with Crippen molar-refractivity contribution in [3.63, 3.8) is 0 Å². The Morgan fingerprint density at radius 2 is 2.18 bits per heavy atom. The first kappa shape index (κ1) is 13.9. The van der Waals surface area contributed by atoms with Gasteiger partial charge in [-0.1, -0.05) is 0 Å². The van der Waals surface area contributed by atoms with Gasteiger partial charge in [-0.25, -0.2) is 0 Å². The molecular weight excluding hydrogens is 216 g/mol. The van der Waals surface area contributed by atoms with Crippen LogP contribution in [0, 0.1) is 0 Å². The number of aliphatic hydroxyl groups excluding tert-OH is 1. The van der Waals surface area contributed by atoms with Crippen molar-refractivity contribution in [2.75, 3.05) is 26.7 Å². The number of carbonyl (C=O) groups excluding carboxylic acids is 1. The Balaban J connectivity index is 2.26. The molecule has 0 radical (unpaired) electrons. The van der Waals surface area contributed by atoms with E-state index in [2.05, 4.69) is 0 Å². The number of rotatable bonds is 8. The molecule has 17 heavy (non-hydrogen) atoms. The highest BCUT2D eigenvalue weighted by molar-refractivity contribution is 5.97. The van der Waals surface area contributed by atoms with Crippen molar-refractivity contribution in [2.24, 2.45) is 7.05 Å². The summed E-state index contributed by atoms with van der Waals surface area (Å²) in [6, 6.07) is 1.85. The largest absolute Gasteiger partial charge is 0.396 e. The molecule has 0 aliphatic rings. The minimum atomic E-state index is 0.162. The fourth-order valence-corrected chi connectivity index (χ4v) is 1.75. The van der Waals surface area contributed by atoms with Gasteiger partial charge in [-0.05, 0) is 38.9 Å². The predicted molar refractivity (Wildman–Crippen MR) is 68.2 cm³/mol. The van der Waals surface area contributed by atoms with E-state index in [1.165, 1.54) is 0 Å². The Bertz CT molecular complexity index is 347. The van der Waals surface area contributed by atoms with Crippen LogP contribution in [0.25, 0.3) is 0 Å². The zero-order chi connectivity index (χ0) is 12.7. The van der Waals surface area contributed by atoms with Gasteiger partial charge < -0.3 is 9.67 Å². The Labute approximate surface area is 103 Å². The van der Waals surface area contributed by atoms with Crippen molar-refractivity contribution >= 4 is 5.78 Å². The average Bonchev–Trinajstić information content (AvgIpc) is 2.71. The van der Waals surface area contributed by atoms with Crippen LogP contribution in [0.3, 0.4) is 0 Å². The van der Waals surface area contributed by atoms with Crippen LogP contribution in [0.2, 0.25) is 0 Å². The van der Waals surface area contributed by atoms with Gasteiger partial charge in [0.15, 0.2) is 5.78 Å². The molecule has 0 saturated carbocycles. The molecule has 96 valence electrons. The Kier molecular flexibility index (Phi) is 5.94. The SMILES string of the molecule is CN(CCCCCO)CC(=O)c1ccn(C)c1. The molecule has 1 rings (SSSR count). The van der Waals surface area contributed by atoms with Gasteiger partial charge in [0.05, 0.1) is 6.54 Å². The minimum absolute atomic E-state index is 0.162. The Morgan fingerprint density at radius 3 is 2.76 bits per heavy atom. The number of aryl methyl sites for hydroxylation is 1. The van der Waals surface area contributed by atoms with Crippen LogP contribution in [-0.4, -0.2) is 47.1 Å². The van der Waals surface area contributed by atoms with E-state index in [9.17, 15) is 4.79 Å². The fraction of sp³-hybridized carbons (Fsp3) is 0.615. The van der Waals surface area contributed by atoms with Crippen LogP contribution in [0.4, 0.5) is 0 Å². The van der Waals surface area contributed by atoms with Crippen molar-refractivity contribution in [3.05, 3.63) is 24.0 Å². The van der Waals surface area contributed by atoms with E-state index in [0.717, 1.165) is 31.4 Å². The standard InChI is InChI=1S/C13H22N2O2/c1-14(7-4-3-5-9-16)11-13(17)12-6-8-15(2)10-12/h6,8,10,16H,3-5,7,9,11H2,1-2H3. The summed E-state index contributed by atoms with van der Waals surface area (Å²) in [6.45, 7) is 1.62. The molecule has 1 N–H and O–H groups in total. The molecule has 0 aliphatic heterocycles. The van der Waals surface area contributed by atoms with Crippen molar-refractivity contribution in [1.29, 1.82) is 0 Å². The van der Waals surface area contributed by atoms with Gasteiger partial charge in [-0.3, -0.25) is 9.69 Å². The number of ketones is 1. The summed E-state index contributed by atoms with van der Waals surface area (Å²) in [5, 5.41) is 8.66. The average molecular weight is 238 g/mol. The molecule has 0 aromatic carbocycles. The maximum atomic E-state index is 11.9. The minimum Gasteiger partial charge on any atom is -0.396 e. The topological polar surface area (TPSA) is 45.5 Å². The second-order valence-electron chi connectivity index (χ2n) is 4.51. The molecule has 0 amide bonds. The lowest BCUT2D eigenvalue weighted by atomic mass is 10.2. The van der Waals surface area contributed by atoms with E-state index < -0.39 is 0 Å². The van der Waals surface area contributed by atoms with Crippen LogP contribution < -0.4 is 0 Å². The van der Waals surface area contributed by atoms with Crippen LogP contribution in [0.1, 0.15) is 29.6 Å². The third-order valence-electron chi connectivity index (χ3n) is 2.77. The van der Waals surface area contributed by atoms with Crippen LogP contribution in [0.15, 0.2) is 18.5 Å². The number of Topliss-reactive ketones (excluding diaryl/α,β-unsaturated/α-hetero) is 1. The maximum absolute atomic E-state index is 11.9. The number of unbranched alkanes of at least 4 members (excludes halogenated alkanes) is 2. The predicted octanol–water partition coefficient (Wildman–Crippen LogP) is 1.30. The van der Waals surface area contributed by atoms with E-state index >= 15 is 0 Å². The monoisotopic (exact) mass is 238 g/mol. The van der Waals surface area contributed by atoms with E-state index in [1.807, 2.05) is 42.0 Å². The van der Waals surface area contributed by atoms with E-state index in [0.29, 0.717) is 6.54 Å². The summed E-state index contributed by atoms with van der Waals surface area (Å²) in [5.74, 6) is 0.162. The molecule has 4 heteroatoms. The summed E-state index contributed by atoms with van der Waals surface area (Å²) in [4.78, 5) is 13.9. The van der Waals surface area contributed by atoms with Gasteiger partial charge in [0.1, 0.15) is 0 Å². The molecule has 1 heterocycles. The van der Waals surface area contributed by atoms with Gasteiger partial charge in [0, 0.05) is 31.6 Å². The molecule has 0 spiro atoms. The maximum Gasteiger partial charge on any atom is 0.178 e. The van der Waals surface area contributed by atoms with E-state index in [-0.39, 0.29) is 12.4 Å². The normalized spacial score (nSPS) is 11.1. The molecule has 0 unspecified atom stereocenters. The number of aromatic nitrogens is 1. The molecular formula is C13H22N2O2. The molecule has 0 saturated heterocycles. The first-order valence-electron chi connectivity index (χ1n) is 6.08. The fourth-order valence-electron chi connectivity index (χ4n) is 1.75. The van der Waals surface area contributed by atoms with Crippen molar-refractivity contribution < 1.29 is 9.90 Å².